The summed E-state index contributed by atoms with van der Waals surface area (Å²) in [6, 6.07) is 8.06. The van der Waals surface area contributed by atoms with Crippen LogP contribution in [0.1, 0.15) is 19.3 Å². The molecule has 168 valence electrons. The standard InChI is InChI=1S/C19H17ClN4O5S3/c20-16-8-9-17(31-16)32(28,29)23-10-2-1-3-15(23)18(25)22-19-21-14(11-30-19)12-4-6-13(7-5-12)24(26)27/h4-9,11,15H,1-3,10H2,(H,21,22,25). The largest absolute Gasteiger partial charge is 0.301 e. The molecular formula is C19H17ClN4O5S3. The maximum Gasteiger partial charge on any atom is 0.269 e. The quantitative estimate of drug-likeness (QED) is 0.380. The molecule has 13 heteroatoms. The number of benzene rings is 1. The van der Waals surface area contributed by atoms with Crippen molar-refractivity contribution in [1.29, 1.82) is 0 Å². The lowest BCUT2D eigenvalue weighted by atomic mass is 10.0. The third-order valence-corrected chi connectivity index (χ3v) is 9.34. The van der Waals surface area contributed by atoms with Crippen LogP contribution in [0.15, 0.2) is 46.0 Å². The summed E-state index contributed by atoms with van der Waals surface area (Å²) in [5.74, 6) is -0.444. The first kappa shape index (κ1) is 22.8. The lowest BCUT2D eigenvalue weighted by Gasteiger charge is -2.32. The Morgan fingerprint density at radius 2 is 1.97 bits per heavy atom. The van der Waals surface area contributed by atoms with Crippen LogP contribution in [-0.2, 0) is 14.8 Å². The fourth-order valence-electron chi connectivity index (χ4n) is 3.41. The van der Waals surface area contributed by atoms with Gasteiger partial charge in [-0.05, 0) is 37.1 Å². The number of nitrogens with one attached hydrogen (secondary N) is 1. The van der Waals surface area contributed by atoms with E-state index in [0.29, 0.717) is 33.6 Å². The summed E-state index contributed by atoms with van der Waals surface area (Å²) in [7, 11) is -3.84. The Morgan fingerprint density at radius 3 is 2.62 bits per heavy atom. The summed E-state index contributed by atoms with van der Waals surface area (Å²) in [4.78, 5) is 27.7. The number of nitro benzene ring substituents is 1. The van der Waals surface area contributed by atoms with Crippen molar-refractivity contribution in [1.82, 2.24) is 9.29 Å². The van der Waals surface area contributed by atoms with Crippen LogP contribution in [0.3, 0.4) is 0 Å². The average molecular weight is 513 g/mol. The van der Waals surface area contributed by atoms with Crippen LogP contribution in [0.4, 0.5) is 10.8 Å². The van der Waals surface area contributed by atoms with Crippen molar-refractivity contribution < 1.29 is 18.1 Å². The number of hydrogen-bond donors (Lipinski definition) is 1. The highest BCUT2D eigenvalue weighted by atomic mass is 35.5. The summed E-state index contributed by atoms with van der Waals surface area (Å²) in [5.41, 5.74) is 1.20. The number of rotatable bonds is 6. The normalized spacial score (nSPS) is 17.2. The van der Waals surface area contributed by atoms with Crippen molar-refractivity contribution in [2.45, 2.75) is 29.5 Å². The van der Waals surface area contributed by atoms with E-state index in [9.17, 15) is 23.3 Å². The maximum absolute atomic E-state index is 13.1. The Balaban J connectivity index is 1.51. The fraction of sp³-hybridized carbons (Fsp3) is 0.263. The molecule has 3 aromatic rings. The molecular weight excluding hydrogens is 496 g/mol. The molecule has 0 radical (unpaired) electrons. The fourth-order valence-corrected chi connectivity index (χ4v) is 7.40. The van der Waals surface area contributed by atoms with Gasteiger partial charge < -0.3 is 5.32 Å². The molecule has 1 N–H and O–H groups in total. The number of carbonyl (C=O) groups is 1. The number of anilines is 1. The van der Waals surface area contributed by atoms with E-state index in [1.165, 1.54) is 39.9 Å². The van der Waals surface area contributed by atoms with E-state index in [1.54, 1.807) is 17.5 Å². The molecule has 0 bridgehead atoms. The molecule has 1 aliphatic rings. The molecule has 1 atom stereocenters. The molecule has 1 unspecified atom stereocenters. The van der Waals surface area contributed by atoms with Crippen LogP contribution in [-0.4, -0.2) is 41.1 Å². The number of hydrogen-bond acceptors (Lipinski definition) is 8. The molecule has 0 saturated carbocycles. The highest BCUT2D eigenvalue weighted by Gasteiger charge is 2.38. The number of aromatic nitrogens is 1. The number of amides is 1. The van der Waals surface area contributed by atoms with E-state index < -0.39 is 26.9 Å². The molecule has 32 heavy (non-hydrogen) atoms. The molecule has 4 rings (SSSR count). The van der Waals surface area contributed by atoms with Crippen molar-refractivity contribution in [2.75, 3.05) is 11.9 Å². The first-order valence-electron chi connectivity index (χ1n) is 9.54. The Bertz CT molecular complexity index is 1260. The van der Waals surface area contributed by atoms with E-state index in [4.69, 9.17) is 11.6 Å². The summed E-state index contributed by atoms with van der Waals surface area (Å²) in [5, 5.41) is 15.6. The van der Waals surface area contributed by atoms with Gasteiger partial charge in [0.15, 0.2) is 5.13 Å². The van der Waals surface area contributed by atoms with E-state index in [-0.39, 0.29) is 16.4 Å². The van der Waals surface area contributed by atoms with Gasteiger partial charge in [0.2, 0.25) is 5.91 Å². The van der Waals surface area contributed by atoms with E-state index in [1.807, 2.05) is 0 Å². The predicted molar refractivity (Wildman–Crippen MR) is 124 cm³/mol. The highest BCUT2D eigenvalue weighted by Crippen LogP contribution is 2.32. The second-order valence-electron chi connectivity index (χ2n) is 7.02. The van der Waals surface area contributed by atoms with Gasteiger partial charge in [0, 0.05) is 29.6 Å². The van der Waals surface area contributed by atoms with Gasteiger partial charge in [0.05, 0.1) is 15.0 Å². The summed E-state index contributed by atoms with van der Waals surface area (Å²) in [6.45, 7) is 0.252. The topological polar surface area (TPSA) is 123 Å². The number of nitro groups is 1. The zero-order valence-corrected chi connectivity index (χ0v) is 19.6. The number of halogens is 1. The summed E-state index contributed by atoms with van der Waals surface area (Å²) >= 11 is 8.06. The van der Waals surface area contributed by atoms with Gasteiger partial charge in [-0.2, -0.15) is 4.31 Å². The van der Waals surface area contributed by atoms with Crippen molar-refractivity contribution >= 4 is 61.0 Å². The minimum absolute atomic E-state index is 0.0249. The van der Waals surface area contributed by atoms with E-state index in [2.05, 4.69) is 10.3 Å². The lowest BCUT2D eigenvalue weighted by Crippen LogP contribution is -2.49. The minimum Gasteiger partial charge on any atom is -0.301 e. The number of nitrogens with zero attached hydrogens (tertiary/aromatic N) is 3. The molecule has 0 spiro atoms. The first-order valence-corrected chi connectivity index (χ1v) is 13.1. The van der Waals surface area contributed by atoms with Gasteiger partial charge in [-0.15, -0.1) is 22.7 Å². The van der Waals surface area contributed by atoms with Crippen LogP contribution < -0.4 is 5.32 Å². The molecule has 1 amide bonds. The second kappa shape index (κ2) is 9.24. The Hall–Kier alpha value is -2.38. The third-order valence-electron chi connectivity index (χ3n) is 4.98. The van der Waals surface area contributed by atoms with Crippen molar-refractivity contribution in [3.63, 3.8) is 0 Å². The van der Waals surface area contributed by atoms with Crippen molar-refractivity contribution in [3.8, 4) is 11.3 Å². The van der Waals surface area contributed by atoms with Gasteiger partial charge in [-0.1, -0.05) is 18.0 Å². The minimum atomic E-state index is -3.84. The molecule has 1 aromatic carbocycles. The smallest absolute Gasteiger partial charge is 0.269 e. The van der Waals surface area contributed by atoms with Crippen LogP contribution in [0.5, 0.6) is 0 Å². The number of thiazole rings is 1. The molecule has 1 aliphatic heterocycles. The number of sulfonamides is 1. The zero-order chi connectivity index (χ0) is 22.9. The van der Waals surface area contributed by atoms with E-state index >= 15 is 0 Å². The summed E-state index contributed by atoms with van der Waals surface area (Å²) < 4.78 is 27.8. The number of piperidine rings is 1. The molecule has 1 fully saturated rings. The Morgan fingerprint density at radius 1 is 1.22 bits per heavy atom. The Labute approximate surface area is 196 Å². The van der Waals surface area contributed by atoms with Crippen LogP contribution in [0.25, 0.3) is 11.3 Å². The maximum atomic E-state index is 13.1. The second-order valence-corrected chi connectivity index (χ2v) is 11.7. The van der Waals surface area contributed by atoms with Crippen LogP contribution in [0, 0.1) is 10.1 Å². The summed E-state index contributed by atoms with van der Waals surface area (Å²) in [6.07, 6.45) is 1.82. The van der Waals surface area contributed by atoms with Crippen LogP contribution >= 0.6 is 34.3 Å². The average Bonchev–Trinajstić information content (AvgIpc) is 3.43. The van der Waals surface area contributed by atoms with Crippen molar-refractivity contribution in [2.24, 2.45) is 0 Å². The molecule has 9 nitrogen and oxygen atoms in total. The number of carbonyl (C=O) groups excluding carboxylic acids is 1. The van der Waals surface area contributed by atoms with Gasteiger partial charge in [0.1, 0.15) is 10.3 Å². The molecule has 1 saturated heterocycles. The Kier molecular flexibility index (Phi) is 6.58. The van der Waals surface area contributed by atoms with Crippen LogP contribution in [0.2, 0.25) is 4.34 Å². The lowest BCUT2D eigenvalue weighted by molar-refractivity contribution is -0.384. The number of non-ortho nitro benzene ring substituents is 1. The predicted octanol–water partition coefficient (Wildman–Crippen LogP) is 4.62. The monoisotopic (exact) mass is 512 g/mol. The molecule has 0 aliphatic carbocycles. The van der Waals surface area contributed by atoms with Gasteiger partial charge in [0.25, 0.3) is 15.7 Å². The van der Waals surface area contributed by atoms with Gasteiger partial charge in [-0.3, -0.25) is 14.9 Å². The molecule has 3 heterocycles. The number of thiophene rings is 1. The third kappa shape index (κ3) is 4.69. The van der Waals surface area contributed by atoms with E-state index in [0.717, 1.165) is 17.8 Å². The van der Waals surface area contributed by atoms with Gasteiger partial charge >= 0.3 is 0 Å². The van der Waals surface area contributed by atoms with Gasteiger partial charge in [-0.25, -0.2) is 13.4 Å². The van der Waals surface area contributed by atoms with Crippen molar-refractivity contribution in [3.05, 3.63) is 56.2 Å². The zero-order valence-electron chi connectivity index (χ0n) is 16.4. The molecule has 2 aromatic heterocycles. The highest BCUT2D eigenvalue weighted by molar-refractivity contribution is 7.91. The first-order chi connectivity index (χ1) is 15.3. The SMILES string of the molecule is O=C(Nc1nc(-c2ccc([N+](=O)[O-])cc2)cs1)C1CCCCN1S(=O)(=O)c1ccc(Cl)s1.